The lowest BCUT2D eigenvalue weighted by Gasteiger charge is -1.99. The molecule has 0 aliphatic carbocycles. The smallest absolute Gasteiger partial charge is 0.316 e. The predicted octanol–water partition coefficient (Wildman–Crippen LogP) is -0.177. The van der Waals surface area contributed by atoms with Gasteiger partial charge in [-0.1, -0.05) is 0 Å². The number of nitrogens with one attached hydrogen (secondary N) is 1. The van der Waals surface area contributed by atoms with Crippen LogP contribution in [0.15, 0.2) is 27.8 Å². The molecule has 0 bridgehead atoms. The van der Waals surface area contributed by atoms with Crippen LogP contribution in [0.25, 0.3) is 11.1 Å². The molecule has 1 amide bonds. The number of sulfone groups is 1. The number of fused-ring (bicyclic) bond motifs is 1. The minimum Gasteiger partial charge on any atom is -0.428 e. The Labute approximate surface area is 114 Å². The Morgan fingerprint density at radius 3 is 2.95 bits per heavy atom. The van der Waals surface area contributed by atoms with Gasteiger partial charge < -0.3 is 15.5 Å². The van der Waals surface area contributed by atoms with Crippen molar-refractivity contribution in [2.75, 3.05) is 18.0 Å². The molecule has 0 aliphatic rings. The fraction of sp³-hybridized carbons (Fsp3) is 0.182. The molecule has 0 radical (unpaired) electrons. The van der Waals surface area contributed by atoms with Gasteiger partial charge in [0.1, 0.15) is 17.8 Å². The number of nitrogens with zero attached hydrogens (tertiary/aromatic N) is 2. The van der Waals surface area contributed by atoms with Gasteiger partial charge in [0.15, 0.2) is 5.58 Å². The first-order chi connectivity index (χ1) is 9.42. The summed E-state index contributed by atoms with van der Waals surface area (Å²) in [7, 11) is -4.00. The number of hydrogen-bond donors (Lipinski definition) is 2. The van der Waals surface area contributed by atoms with Gasteiger partial charge in [0, 0.05) is 5.69 Å². The van der Waals surface area contributed by atoms with E-state index in [0.717, 1.165) is 0 Å². The molecule has 0 saturated carbocycles. The highest BCUT2D eigenvalue weighted by Gasteiger charge is 2.25. The van der Waals surface area contributed by atoms with Crippen molar-refractivity contribution in [1.29, 1.82) is 5.26 Å². The number of carbonyl (C=O) groups is 1. The first-order valence-corrected chi connectivity index (χ1v) is 7.10. The van der Waals surface area contributed by atoms with Crippen molar-refractivity contribution in [3.8, 4) is 6.07 Å². The van der Waals surface area contributed by atoms with E-state index < -0.39 is 26.7 Å². The van der Waals surface area contributed by atoms with Crippen LogP contribution in [0, 0.1) is 11.3 Å². The van der Waals surface area contributed by atoms with Crippen LogP contribution in [-0.4, -0.2) is 31.6 Å². The molecule has 0 saturated heterocycles. The van der Waals surface area contributed by atoms with Crippen LogP contribution in [0.3, 0.4) is 0 Å². The average Bonchev–Trinajstić information content (AvgIpc) is 2.79. The Balaban J connectivity index is 2.28. The largest absolute Gasteiger partial charge is 0.428 e. The molecule has 0 aliphatic heterocycles. The first kappa shape index (κ1) is 13.8. The Bertz CT molecular complexity index is 803. The van der Waals surface area contributed by atoms with Crippen molar-refractivity contribution >= 4 is 32.5 Å². The molecule has 1 heterocycles. The lowest BCUT2D eigenvalue weighted by Crippen LogP contribution is -2.30. The second-order valence-electron chi connectivity index (χ2n) is 3.90. The number of aromatic nitrogens is 1. The molecule has 8 nitrogen and oxygen atoms in total. The molecule has 0 unspecified atom stereocenters. The minimum absolute atomic E-state index is 0.259. The van der Waals surface area contributed by atoms with E-state index in [1.165, 1.54) is 12.1 Å². The molecule has 2 rings (SSSR count). The lowest BCUT2D eigenvalue weighted by molar-refractivity contribution is -0.118. The maximum Gasteiger partial charge on any atom is 0.316 e. The van der Waals surface area contributed by atoms with Crippen molar-refractivity contribution in [1.82, 2.24) is 10.3 Å². The Morgan fingerprint density at radius 2 is 2.25 bits per heavy atom. The van der Waals surface area contributed by atoms with E-state index in [0.29, 0.717) is 11.2 Å². The fourth-order valence-electron chi connectivity index (χ4n) is 1.48. The summed E-state index contributed by atoms with van der Waals surface area (Å²) in [5.74, 6) is -1.63. The Kier molecular flexibility index (Phi) is 3.58. The second kappa shape index (κ2) is 5.18. The van der Waals surface area contributed by atoms with Gasteiger partial charge in [0.2, 0.25) is 15.7 Å². The van der Waals surface area contributed by atoms with Gasteiger partial charge in [-0.15, -0.1) is 0 Å². The van der Waals surface area contributed by atoms with Crippen LogP contribution in [0.4, 0.5) is 5.69 Å². The topological polar surface area (TPSA) is 139 Å². The third kappa shape index (κ3) is 2.86. The molecule has 0 spiro atoms. The summed E-state index contributed by atoms with van der Waals surface area (Å²) in [6.07, 6.45) is 0. The SMILES string of the molecule is N#CCNC(=O)CS(=O)(=O)c1nc2cc(N)ccc2o1. The number of rotatable bonds is 4. The molecule has 0 fully saturated rings. The standard InChI is InChI=1S/C11H10N4O4S/c12-3-4-14-10(16)6-20(17,18)11-15-8-5-7(13)1-2-9(8)19-11/h1-2,5H,4,6,13H2,(H,14,16). The fourth-order valence-corrected chi connectivity index (χ4v) is 2.50. The highest BCUT2D eigenvalue weighted by Crippen LogP contribution is 2.21. The van der Waals surface area contributed by atoms with Gasteiger partial charge >= 0.3 is 5.22 Å². The molecular formula is C11H10N4O4S. The van der Waals surface area contributed by atoms with Gasteiger partial charge in [-0.05, 0) is 18.2 Å². The van der Waals surface area contributed by atoms with Gasteiger partial charge in [-0.3, -0.25) is 4.79 Å². The zero-order valence-electron chi connectivity index (χ0n) is 10.2. The number of oxazole rings is 1. The van der Waals surface area contributed by atoms with Gasteiger partial charge in [0.05, 0.1) is 6.07 Å². The van der Waals surface area contributed by atoms with Gasteiger partial charge in [0.25, 0.3) is 0 Å². The summed E-state index contributed by atoms with van der Waals surface area (Å²) in [5.41, 5.74) is 6.52. The number of nitrogens with two attached hydrogens (primary N) is 1. The Morgan fingerprint density at radius 1 is 1.50 bits per heavy atom. The van der Waals surface area contributed by atoms with Gasteiger partial charge in [-0.25, -0.2) is 8.42 Å². The molecule has 9 heteroatoms. The van der Waals surface area contributed by atoms with Crippen molar-refractivity contribution in [3.63, 3.8) is 0 Å². The summed E-state index contributed by atoms with van der Waals surface area (Å²) in [4.78, 5) is 15.1. The molecule has 0 atom stereocenters. The molecule has 104 valence electrons. The van der Waals surface area contributed by atoms with E-state index in [4.69, 9.17) is 15.4 Å². The van der Waals surface area contributed by atoms with Gasteiger partial charge in [-0.2, -0.15) is 10.2 Å². The molecule has 1 aromatic carbocycles. The summed E-state index contributed by atoms with van der Waals surface area (Å²) in [5, 5.41) is 9.88. The van der Waals surface area contributed by atoms with E-state index in [-0.39, 0.29) is 12.1 Å². The van der Waals surface area contributed by atoms with Crippen molar-refractivity contribution in [3.05, 3.63) is 18.2 Å². The number of carbonyl (C=O) groups excluding carboxylic acids is 1. The summed E-state index contributed by atoms with van der Waals surface area (Å²) in [6, 6.07) is 6.18. The van der Waals surface area contributed by atoms with E-state index in [9.17, 15) is 13.2 Å². The molecule has 20 heavy (non-hydrogen) atoms. The lowest BCUT2D eigenvalue weighted by atomic mass is 10.3. The van der Waals surface area contributed by atoms with Crippen LogP contribution in [0.2, 0.25) is 0 Å². The van der Waals surface area contributed by atoms with Crippen LogP contribution < -0.4 is 11.1 Å². The third-order valence-corrected chi connectivity index (χ3v) is 3.69. The van der Waals surface area contributed by atoms with Crippen molar-refractivity contribution in [2.45, 2.75) is 5.22 Å². The number of benzene rings is 1. The second-order valence-corrected chi connectivity index (χ2v) is 5.77. The summed E-state index contributed by atoms with van der Waals surface area (Å²) in [6.45, 7) is -0.265. The molecule has 2 aromatic rings. The molecular weight excluding hydrogens is 284 g/mol. The predicted molar refractivity (Wildman–Crippen MR) is 69.1 cm³/mol. The molecule has 3 N–H and O–H groups in total. The van der Waals surface area contributed by atoms with Crippen molar-refractivity contribution in [2.24, 2.45) is 0 Å². The number of nitriles is 1. The first-order valence-electron chi connectivity index (χ1n) is 5.45. The number of hydrogen-bond acceptors (Lipinski definition) is 7. The highest BCUT2D eigenvalue weighted by molar-refractivity contribution is 7.91. The maximum absolute atomic E-state index is 11.9. The zero-order chi connectivity index (χ0) is 14.8. The van der Waals surface area contributed by atoms with Crippen LogP contribution >= 0.6 is 0 Å². The third-order valence-electron chi connectivity index (χ3n) is 2.34. The summed E-state index contributed by atoms with van der Waals surface area (Å²) >= 11 is 0. The highest BCUT2D eigenvalue weighted by atomic mass is 32.2. The number of anilines is 1. The van der Waals surface area contributed by atoms with Crippen LogP contribution in [0.1, 0.15) is 0 Å². The maximum atomic E-state index is 11.9. The summed E-state index contributed by atoms with van der Waals surface area (Å²) < 4.78 is 29.0. The van der Waals surface area contributed by atoms with Crippen LogP contribution in [-0.2, 0) is 14.6 Å². The van der Waals surface area contributed by atoms with E-state index in [1.54, 1.807) is 12.1 Å². The normalized spacial score (nSPS) is 11.2. The minimum atomic E-state index is -4.00. The van der Waals surface area contributed by atoms with E-state index >= 15 is 0 Å². The van der Waals surface area contributed by atoms with E-state index in [1.807, 2.05) is 0 Å². The average molecular weight is 294 g/mol. The molecule has 1 aromatic heterocycles. The number of amides is 1. The number of nitrogen functional groups attached to an aromatic ring is 1. The van der Waals surface area contributed by atoms with Crippen molar-refractivity contribution < 1.29 is 17.6 Å². The van der Waals surface area contributed by atoms with E-state index in [2.05, 4.69) is 10.3 Å². The monoisotopic (exact) mass is 294 g/mol. The quantitative estimate of drug-likeness (QED) is 0.589. The Hall–Kier alpha value is -2.60. The van der Waals surface area contributed by atoms with Crippen LogP contribution in [0.5, 0.6) is 0 Å². The zero-order valence-corrected chi connectivity index (χ0v) is 11.0.